The van der Waals surface area contributed by atoms with Crippen LogP contribution >= 0.6 is 0 Å². The van der Waals surface area contributed by atoms with Crippen molar-refractivity contribution < 1.29 is 0 Å². The van der Waals surface area contributed by atoms with Crippen LogP contribution in [0.25, 0.3) is 0 Å². The Hall–Kier alpha value is -1.32. The third-order valence-electron chi connectivity index (χ3n) is 3.41. The average Bonchev–Trinajstić information content (AvgIpc) is 2.53. The second-order valence-electron chi connectivity index (χ2n) is 4.96. The summed E-state index contributed by atoms with van der Waals surface area (Å²) in [5.74, 6) is 2.62. The molecule has 0 saturated carbocycles. The maximum atomic E-state index is 4.55. The highest BCUT2D eigenvalue weighted by Crippen LogP contribution is 2.22. The van der Waals surface area contributed by atoms with E-state index in [4.69, 9.17) is 0 Å². The van der Waals surface area contributed by atoms with Gasteiger partial charge < -0.3 is 10.2 Å². The summed E-state index contributed by atoms with van der Waals surface area (Å²) >= 11 is 0. The molecule has 17 heavy (non-hydrogen) atoms. The number of nitrogens with zero attached hydrogens (tertiary/aromatic N) is 3. The first-order valence-electron chi connectivity index (χ1n) is 6.47. The maximum absolute atomic E-state index is 4.55. The number of hydrogen-bond acceptors (Lipinski definition) is 4. The largest absolute Gasteiger partial charge is 0.357 e. The lowest BCUT2D eigenvalue weighted by Crippen LogP contribution is -2.25. The van der Waals surface area contributed by atoms with E-state index in [-0.39, 0.29) is 0 Å². The molecule has 4 heteroatoms. The summed E-state index contributed by atoms with van der Waals surface area (Å²) in [6, 6.07) is 2.08. The Morgan fingerprint density at radius 1 is 1.29 bits per heavy atom. The van der Waals surface area contributed by atoms with Crippen molar-refractivity contribution in [3.05, 3.63) is 11.8 Å². The first kappa shape index (κ1) is 12.1. The summed E-state index contributed by atoms with van der Waals surface area (Å²) in [5, 5.41) is 3.02. The molecule has 0 radical (unpaired) electrons. The molecule has 94 valence electrons. The van der Waals surface area contributed by atoms with Crippen molar-refractivity contribution in [2.75, 3.05) is 30.4 Å². The van der Waals surface area contributed by atoms with Gasteiger partial charge in [0.2, 0.25) is 5.95 Å². The van der Waals surface area contributed by atoms with Gasteiger partial charge in [0.25, 0.3) is 0 Å². The fourth-order valence-corrected chi connectivity index (χ4v) is 2.32. The smallest absolute Gasteiger partial charge is 0.224 e. The van der Waals surface area contributed by atoms with Gasteiger partial charge in [-0.05, 0) is 32.1 Å². The minimum Gasteiger partial charge on any atom is -0.357 e. The molecule has 0 amide bonds. The maximum Gasteiger partial charge on any atom is 0.224 e. The molecule has 0 aliphatic carbocycles. The topological polar surface area (TPSA) is 41.1 Å². The Morgan fingerprint density at radius 3 is 2.88 bits per heavy atom. The van der Waals surface area contributed by atoms with Gasteiger partial charge in [0.15, 0.2) is 0 Å². The number of hydrogen-bond donors (Lipinski definition) is 1. The van der Waals surface area contributed by atoms with Crippen molar-refractivity contribution >= 4 is 11.8 Å². The molecule has 1 unspecified atom stereocenters. The Morgan fingerprint density at radius 2 is 2.12 bits per heavy atom. The SMILES string of the molecule is CNc1nc(C)cc(N2CCCC(C)CC2)n1. The summed E-state index contributed by atoms with van der Waals surface area (Å²) in [6.45, 7) is 6.59. The fourth-order valence-electron chi connectivity index (χ4n) is 2.32. The summed E-state index contributed by atoms with van der Waals surface area (Å²) in [6.07, 6.45) is 3.86. The van der Waals surface area contributed by atoms with E-state index in [0.29, 0.717) is 0 Å². The zero-order chi connectivity index (χ0) is 12.3. The monoisotopic (exact) mass is 234 g/mol. The van der Waals surface area contributed by atoms with Crippen LogP contribution in [0.3, 0.4) is 0 Å². The molecule has 4 nitrogen and oxygen atoms in total. The van der Waals surface area contributed by atoms with Crippen LogP contribution in [-0.4, -0.2) is 30.1 Å². The fraction of sp³-hybridized carbons (Fsp3) is 0.692. The Balaban J connectivity index is 2.17. The van der Waals surface area contributed by atoms with Gasteiger partial charge in [-0.1, -0.05) is 6.92 Å². The number of aryl methyl sites for hydroxylation is 1. The number of anilines is 2. The normalized spacial score (nSPS) is 21.1. The van der Waals surface area contributed by atoms with Crippen molar-refractivity contribution in [1.29, 1.82) is 0 Å². The van der Waals surface area contributed by atoms with Gasteiger partial charge in [0.1, 0.15) is 5.82 Å². The zero-order valence-corrected chi connectivity index (χ0v) is 11.0. The van der Waals surface area contributed by atoms with E-state index in [0.717, 1.165) is 36.5 Å². The van der Waals surface area contributed by atoms with E-state index in [9.17, 15) is 0 Å². The Bertz CT molecular complexity index is 378. The molecule has 1 aromatic rings. The van der Waals surface area contributed by atoms with Gasteiger partial charge in [-0.3, -0.25) is 0 Å². The highest BCUT2D eigenvalue weighted by molar-refractivity contribution is 5.44. The van der Waals surface area contributed by atoms with Gasteiger partial charge in [0, 0.05) is 31.9 Å². The molecular formula is C13H22N4. The number of nitrogens with one attached hydrogen (secondary N) is 1. The Kier molecular flexibility index (Phi) is 3.82. The minimum absolute atomic E-state index is 0.720. The van der Waals surface area contributed by atoms with E-state index in [1.807, 2.05) is 14.0 Å². The van der Waals surface area contributed by atoms with Gasteiger partial charge >= 0.3 is 0 Å². The average molecular weight is 234 g/mol. The quantitative estimate of drug-likeness (QED) is 0.853. The van der Waals surface area contributed by atoms with Gasteiger partial charge in [-0.2, -0.15) is 4.98 Å². The molecule has 0 bridgehead atoms. The van der Waals surface area contributed by atoms with Crippen LogP contribution in [0.4, 0.5) is 11.8 Å². The van der Waals surface area contributed by atoms with E-state index in [1.165, 1.54) is 19.3 Å². The second kappa shape index (κ2) is 5.34. The van der Waals surface area contributed by atoms with Crippen LogP contribution in [-0.2, 0) is 0 Å². The molecule has 1 aliphatic heterocycles. The predicted octanol–water partition coefficient (Wildman–Crippen LogP) is 2.45. The van der Waals surface area contributed by atoms with Crippen molar-refractivity contribution in [3.8, 4) is 0 Å². The first-order chi connectivity index (χ1) is 8.19. The number of rotatable bonds is 2. The number of aromatic nitrogens is 2. The second-order valence-corrected chi connectivity index (χ2v) is 4.96. The highest BCUT2D eigenvalue weighted by atomic mass is 15.2. The van der Waals surface area contributed by atoms with E-state index in [2.05, 4.69) is 33.2 Å². The van der Waals surface area contributed by atoms with E-state index in [1.54, 1.807) is 0 Å². The predicted molar refractivity (Wildman–Crippen MR) is 71.5 cm³/mol. The van der Waals surface area contributed by atoms with Gasteiger partial charge in [0.05, 0.1) is 0 Å². The summed E-state index contributed by atoms with van der Waals surface area (Å²) in [4.78, 5) is 11.3. The third kappa shape index (κ3) is 3.08. The van der Waals surface area contributed by atoms with Crippen molar-refractivity contribution in [2.24, 2.45) is 5.92 Å². The lowest BCUT2D eigenvalue weighted by molar-refractivity contribution is 0.521. The van der Waals surface area contributed by atoms with Crippen LogP contribution in [0.5, 0.6) is 0 Å². The van der Waals surface area contributed by atoms with Gasteiger partial charge in [-0.25, -0.2) is 4.98 Å². The molecule has 1 N–H and O–H groups in total. The lowest BCUT2D eigenvalue weighted by atomic mass is 10.0. The van der Waals surface area contributed by atoms with Crippen LogP contribution < -0.4 is 10.2 Å². The van der Waals surface area contributed by atoms with Crippen LogP contribution in [0.1, 0.15) is 31.9 Å². The van der Waals surface area contributed by atoms with Crippen LogP contribution in [0, 0.1) is 12.8 Å². The highest BCUT2D eigenvalue weighted by Gasteiger charge is 2.15. The molecular weight excluding hydrogens is 212 g/mol. The lowest BCUT2D eigenvalue weighted by Gasteiger charge is -2.22. The van der Waals surface area contributed by atoms with Crippen molar-refractivity contribution in [2.45, 2.75) is 33.1 Å². The molecule has 0 aromatic carbocycles. The minimum atomic E-state index is 0.720. The van der Waals surface area contributed by atoms with Crippen molar-refractivity contribution in [1.82, 2.24) is 9.97 Å². The van der Waals surface area contributed by atoms with Crippen LogP contribution in [0.15, 0.2) is 6.07 Å². The molecule has 1 aromatic heterocycles. The van der Waals surface area contributed by atoms with E-state index >= 15 is 0 Å². The molecule has 2 rings (SSSR count). The first-order valence-corrected chi connectivity index (χ1v) is 6.47. The third-order valence-corrected chi connectivity index (χ3v) is 3.41. The molecule has 2 heterocycles. The molecule has 1 fully saturated rings. The Labute approximate surface area is 103 Å². The molecule has 1 aliphatic rings. The summed E-state index contributed by atoms with van der Waals surface area (Å²) in [5.41, 5.74) is 1.02. The van der Waals surface area contributed by atoms with Crippen molar-refractivity contribution in [3.63, 3.8) is 0 Å². The summed E-state index contributed by atoms with van der Waals surface area (Å²) < 4.78 is 0. The van der Waals surface area contributed by atoms with Gasteiger partial charge in [-0.15, -0.1) is 0 Å². The molecule has 1 atom stereocenters. The standard InChI is InChI=1S/C13H22N4/c1-10-5-4-7-17(8-6-10)12-9-11(2)15-13(14-3)16-12/h9-10H,4-8H2,1-3H3,(H,14,15,16). The van der Waals surface area contributed by atoms with E-state index < -0.39 is 0 Å². The zero-order valence-electron chi connectivity index (χ0n) is 11.0. The van der Waals surface area contributed by atoms with Crippen LogP contribution in [0.2, 0.25) is 0 Å². The summed E-state index contributed by atoms with van der Waals surface area (Å²) in [7, 11) is 1.86. The molecule has 1 saturated heterocycles. The molecule has 0 spiro atoms.